The normalized spacial score (nSPS) is 18.9. The number of carbonyl (C=O) groups is 1. The zero-order valence-electron chi connectivity index (χ0n) is 10.8. The van der Waals surface area contributed by atoms with Crippen LogP contribution < -0.4 is 10.6 Å². The van der Waals surface area contributed by atoms with Crippen LogP contribution in [-0.4, -0.2) is 49.5 Å². The molecular weight excluding hydrogens is 220 g/mol. The van der Waals surface area contributed by atoms with Crippen LogP contribution in [0.25, 0.3) is 0 Å². The van der Waals surface area contributed by atoms with Crippen molar-refractivity contribution in [2.45, 2.75) is 44.2 Å². The summed E-state index contributed by atoms with van der Waals surface area (Å²) in [6.07, 6.45) is 4.00. The third kappa shape index (κ3) is 5.48. The quantitative estimate of drug-likeness (QED) is 0.491. The molecule has 1 saturated carbocycles. The van der Waals surface area contributed by atoms with E-state index in [1.807, 2.05) is 0 Å². The molecule has 3 N–H and O–H groups in total. The number of ether oxygens (including phenoxy) is 1. The van der Waals surface area contributed by atoms with E-state index in [4.69, 9.17) is 4.74 Å². The van der Waals surface area contributed by atoms with E-state index in [2.05, 4.69) is 10.6 Å². The maximum atomic E-state index is 11.2. The lowest BCUT2D eigenvalue weighted by atomic mass is 9.98. The molecule has 100 valence electrons. The lowest BCUT2D eigenvalue weighted by Crippen LogP contribution is -2.50. The third-order valence-corrected chi connectivity index (χ3v) is 3.16. The van der Waals surface area contributed by atoms with E-state index in [1.54, 1.807) is 14.0 Å². The van der Waals surface area contributed by atoms with Crippen LogP contribution in [0.15, 0.2) is 0 Å². The molecule has 0 aromatic heterocycles. The van der Waals surface area contributed by atoms with Crippen molar-refractivity contribution in [2.75, 3.05) is 26.8 Å². The number of nitrogens with one attached hydrogen (secondary N) is 2. The summed E-state index contributed by atoms with van der Waals surface area (Å²) in [6, 6.07) is 0.717. The van der Waals surface area contributed by atoms with E-state index in [0.717, 1.165) is 13.0 Å². The highest BCUT2D eigenvalue weighted by Gasteiger charge is 2.31. The van der Waals surface area contributed by atoms with Crippen molar-refractivity contribution in [1.29, 1.82) is 0 Å². The first-order valence-corrected chi connectivity index (χ1v) is 6.29. The summed E-state index contributed by atoms with van der Waals surface area (Å²) < 4.78 is 4.94. The van der Waals surface area contributed by atoms with Gasteiger partial charge in [0.2, 0.25) is 0 Å². The van der Waals surface area contributed by atoms with Gasteiger partial charge in [-0.2, -0.15) is 0 Å². The van der Waals surface area contributed by atoms with Crippen molar-refractivity contribution >= 4 is 5.97 Å². The highest BCUT2D eigenvalue weighted by atomic mass is 16.5. The second kappa shape index (κ2) is 6.93. The van der Waals surface area contributed by atoms with Crippen LogP contribution in [-0.2, 0) is 9.53 Å². The molecule has 0 aromatic rings. The molecule has 5 heteroatoms. The fraction of sp³-hybridized carbons (Fsp3) is 0.917. The topological polar surface area (TPSA) is 70.6 Å². The van der Waals surface area contributed by atoms with E-state index >= 15 is 0 Å². The molecule has 1 unspecified atom stereocenters. The predicted octanol–water partition coefficient (Wildman–Crippen LogP) is 0.598. The van der Waals surface area contributed by atoms with Gasteiger partial charge in [-0.15, -0.1) is 0 Å². The summed E-state index contributed by atoms with van der Waals surface area (Å²) in [5.74, 6) is -0.815. The number of carboxylic acid groups (broad SMARTS) is 1. The van der Waals surface area contributed by atoms with Crippen LogP contribution in [0.4, 0.5) is 0 Å². The molecule has 0 heterocycles. The Hall–Kier alpha value is -0.650. The van der Waals surface area contributed by atoms with Gasteiger partial charge in [-0.1, -0.05) is 0 Å². The van der Waals surface area contributed by atoms with Crippen molar-refractivity contribution in [3.05, 3.63) is 0 Å². The van der Waals surface area contributed by atoms with Gasteiger partial charge in [0, 0.05) is 19.8 Å². The Labute approximate surface area is 103 Å². The average Bonchev–Trinajstić information content (AvgIpc) is 3.09. The third-order valence-electron chi connectivity index (χ3n) is 3.16. The number of hydrogen-bond acceptors (Lipinski definition) is 4. The zero-order valence-corrected chi connectivity index (χ0v) is 10.8. The summed E-state index contributed by atoms with van der Waals surface area (Å²) in [6.45, 7) is 3.84. The first-order valence-electron chi connectivity index (χ1n) is 6.29. The molecular formula is C12H24N2O3. The van der Waals surface area contributed by atoms with Crippen LogP contribution in [0.2, 0.25) is 0 Å². The van der Waals surface area contributed by atoms with Gasteiger partial charge < -0.3 is 20.5 Å². The molecule has 1 aliphatic rings. The average molecular weight is 244 g/mol. The lowest BCUT2D eigenvalue weighted by molar-refractivity contribution is -0.145. The molecule has 0 aromatic carbocycles. The minimum absolute atomic E-state index is 0.454. The number of carboxylic acids is 1. The summed E-state index contributed by atoms with van der Waals surface area (Å²) in [5, 5.41) is 15.7. The van der Waals surface area contributed by atoms with Crippen LogP contribution in [0.1, 0.15) is 32.6 Å². The molecule has 0 amide bonds. The second-order valence-electron chi connectivity index (χ2n) is 4.89. The van der Waals surface area contributed by atoms with Gasteiger partial charge in [0.05, 0.1) is 0 Å². The molecule has 17 heavy (non-hydrogen) atoms. The molecule has 1 fully saturated rings. The minimum atomic E-state index is -0.879. The van der Waals surface area contributed by atoms with Crippen molar-refractivity contribution < 1.29 is 14.6 Å². The Kier molecular flexibility index (Phi) is 5.88. The van der Waals surface area contributed by atoms with E-state index in [1.165, 1.54) is 12.8 Å². The smallest absolute Gasteiger partial charge is 0.323 e. The number of methoxy groups -OCH3 is 1. The van der Waals surface area contributed by atoms with E-state index in [-0.39, 0.29) is 0 Å². The van der Waals surface area contributed by atoms with Crippen LogP contribution in [0, 0.1) is 0 Å². The molecule has 0 radical (unpaired) electrons. The Bertz CT molecular complexity index is 244. The monoisotopic (exact) mass is 244 g/mol. The van der Waals surface area contributed by atoms with Crippen LogP contribution >= 0.6 is 0 Å². The maximum absolute atomic E-state index is 11.2. The van der Waals surface area contributed by atoms with Gasteiger partial charge in [0.25, 0.3) is 0 Å². The standard InChI is InChI=1S/C12H24N2O3/c1-12(11(15)16,6-9-17-2)14-8-3-7-13-10-4-5-10/h10,13-14H,3-9H2,1-2H3,(H,15,16). The Morgan fingerprint density at radius 1 is 1.47 bits per heavy atom. The molecule has 1 atom stereocenters. The fourth-order valence-corrected chi connectivity index (χ4v) is 1.62. The van der Waals surface area contributed by atoms with Gasteiger partial charge in [-0.25, -0.2) is 0 Å². The largest absolute Gasteiger partial charge is 0.480 e. The van der Waals surface area contributed by atoms with E-state index < -0.39 is 11.5 Å². The molecule has 0 spiro atoms. The Balaban J connectivity index is 2.15. The molecule has 0 saturated heterocycles. The van der Waals surface area contributed by atoms with Gasteiger partial charge in [0.1, 0.15) is 5.54 Å². The Morgan fingerprint density at radius 3 is 2.71 bits per heavy atom. The SMILES string of the molecule is COCCC(C)(NCCCNC1CC1)C(=O)O. The summed E-state index contributed by atoms with van der Waals surface area (Å²) in [7, 11) is 1.59. The van der Waals surface area contributed by atoms with Gasteiger partial charge in [0.15, 0.2) is 0 Å². The number of aliphatic carboxylic acids is 1. The van der Waals surface area contributed by atoms with Crippen molar-refractivity contribution in [1.82, 2.24) is 10.6 Å². The van der Waals surface area contributed by atoms with Gasteiger partial charge in [-0.05, 0) is 45.7 Å². The van der Waals surface area contributed by atoms with Gasteiger partial charge >= 0.3 is 5.97 Å². The van der Waals surface area contributed by atoms with Gasteiger partial charge in [-0.3, -0.25) is 4.79 Å². The molecule has 1 rings (SSSR count). The Morgan fingerprint density at radius 2 is 2.18 bits per heavy atom. The summed E-state index contributed by atoms with van der Waals surface area (Å²) >= 11 is 0. The number of hydrogen-bond donors (Lipinski definition) is 3. The van der Waals surface area contributed by atoms with E-state index in [0.29, 0.717) is 25.6 Å². The minimum Gasteiger partial charge on any atom is -0.480 e. The molecule has 0 bridgehead atoms. The second-order valence-corrected chi connectivity index (χ2v) is 4.89. The fourth-order valence-electron chi connectivity index (χ4n) is 1.62. The highest BCUT2D eigenvalue weighted by Crippen LogP contribution is 2.18. The van der Waals surface area contributed by atoms with Crippen molar-refractivity contribution in [2.24, 2.45) is 0 Å². The summed E-state index contributed by atoms with van der Waals surface area (Å²) in [5.41, 5.74) is -0.879. The summed E-state index contributed by atoms with van der Waals surface area (Å²) in [4.78, 5) is 11.2. The lowest BCUT2D eigenvalue weighted by Gasteiger charge is -2.26. The maximum Gasteiger partial charge on any atom is 0.323 e. The molecule has 0 aliphatic heterocycles. The molecule has 1 aliphatic carbocycles. The highest BCUT2D eigenvalue weighted by molar-refractivity contribution is 5.78. The first-order chi connectivity index (χ1) is 8.08. The van der Waals surface area contributed by atoms with E-state index in [9.17, 15) is 9.90 Å². The zero-order chi connectivity index (χ0) is 12.7. The van der Waals surface area contributed by atoms with Crippen molar-refractivity contribution in [3.63, 3.8) is 0 Å². The first kappa shape index (κ1) is 14.4. The predicted molar refractivity (Wildman–Crippen MR) is 66.2 cm³/mol. The molecule has 5 nitrogen and oxygen atoms in total. The van der Waals surface area contributed by atoms with Crippen LogP contribution in [0.3, 0.4) is 0 Å². The van der Waals surface area contributed by atoms with Crippen molar-refractivity contribution in [3.8, 4) is 0 Å². The number of rotatable bonds is 10. The van der Waals surface area contributed by atoms with Crippen LogP contribution in [0.5, 0.6) is 0 Å².